The first-order valence-electron chi connectivity index (χ1n) is 14.2. The van der Waals surface area contributed by atoms with Crippen molar-refractivity contribution in [3.8, 4) is 0 Å². The minimum atomic E-state index is 0.0188. The SMILES string of the molecule is CCCCN(C(=O)NC1CCCCC1)c1ccc(Sc2cccc(CC(=O)N(C)Cc3ccccc3)c2)cc1. The second-order valence-corrected chi connectivity index (χ2v) is 11.6. The molecule has 1 aliphatic rings. The van der Waals surface area contributed by atoms with Gasteiger partial charge in [-0.15, -0.1) is 0 Å². The summed E-state index contributed by atoms with van der Waals surface area (Å²) >= 11 is 1.67. The zero-order valence-electron chi connectivity index (χ0n) is 23.3. The largest absolute Gasteiger partial charge is 0.341 e. The van der Waals surface area contributed by atoms with Crippen molar-refractivity contribution in [2.75, 3.05) is 18.5 Å². The Bertz CT molecular complexity index is 1190. The Balaban J connectivity index is 1.36. The van der Waals surface area contributed by atoms with E-state index in [1.54, 1.807) is 16.7 Å². The zero-order valence-corrected chi connectivity index (χ0v) is 24.1. The fourth-order valence-corrected chi connectivity index (χ4v) is 5.87. The first-order valence-corrected chi connectivity index (χ1v) is 15.1. The number of anilines is 1. The number of urea groups is 1. The predicted molar refractivity (Wildman–Crippen MR) is 161 cm³/mol. The van der Waals surface area contributed by atoms with E-state index in [0.29, 0.717) is 19.0 Å². The Hall–Kier alpha value is -3.25. The molecule has 0 radical (unpaired) electrons. The van der Waals surface area contributed by atoms with Crippen LogP contribution in [0.5, 0.6) is 0 Å². The minimum Gasteiger partial charge on any atom is -0.341 e. The number of unbranched alkanes of at least 4 members (excludes halogenated alkanes) is 1. The Labute approximate surface area is 238 Å². The fourth-order valence-electron chi connectivity index (χ4n) is 4.97. The molecule has 0 spiro atoms. The van der Waals surface area contributed by atoms with Crippen LogP contribution in [0.15, 0.2) is 88.7 Å². The third-order valence-electron chi connectivity index (χ3n) is 7.24. The average molecular weight is 544 g/mol. The number of hydrogen-bond acceptors (Lipinski definition) is 3. The van der Waals surface area contributed by atoms with Crippen molar-refractivity contribution >= 4 is 29.4 Å². The Morgan fingerprint density at radius 3 is 2.31 bits per heavy atom. The van der Waals surface area contributed by atoms with E-state index >= 15 is 0 Å². The summed E-state index contributed by atoms with van der Waals surface area (Å²) in [7, 11) is 1.86. The van der Waals surface area contributed by atoms with E-state index in [1.165, 1.54) is 19.3 Å². The first kappa shape index (κ1) is 28.8. The van der Waals surface area contributed by atoms with Gasteiger partial charge in [-0.25, -0.2) is 4.79 Å². The molecule has 0 saturated heterocycles. The van der Waals surface area contributed by atoms with Crippen molar-refractivity contribution in [3.63, 3.8) is 0 Å². The monoisotopic (exact) mass is 543 g/mol. The van der Waals surface area contributed by atoms with E-state index in [-0.39, 0.29) is 11.9 Å². The number of carbonyl (C=O) groups is 2. The summed E-state index contributed by atoms with van der Waals surface area (Å²) in [6, 6.07) is 26.8. The van der Waals surface area contributed by atoms with E-state index in [9.17, 15) is 9.59 Å². The molecule has 3 amide bonds. The highest BCUT2D eigenvalue weighted by Gasteiger charge is 2.21. The van der Waals surface area contributed by atoms with Gasteiger partial charge in [0.25, 0.3) is 0 Å². The highest BCUT2D eigenvalue weighted by Crippen LogP contribution is 2.30. The molecule has 3 aromatic rings. The van der Waals surface area contributed by atoms with Crippen LogP contribution in [0.3, 0.4) is 0 Å². The topological polar surface area (TPSA) is 52.7 Å². The van der Waals surface area contributed by atoms with Crippen LogP contribution in [0.1, 0.15) is 63.0 Å². The van der Waals surface area contributed by atoms with Crippen molar-refractivity contribution in [1.29, 1.82) is 0 Å². The number of carbonyl (C=O) groups excluding carboxylic acids is 2. The van der Waals surface area contributed by atoms with Gasteiger partial charge in [-0.2, -0.15) is 0 Å². The van der Waals surface area contributed by atoms with Gasteiger partial charge >= 0.3 is 6.03 Å². The number of rotatable bonds is 11. The highest BCUT2D eigenvalue weighted by atomic mass is 32.2. The van der Waals surface area contributed by atoms with E-state index in [0.717, 1.165) is 58.8 Å². The van der Waals surface area contributed by atoms with Crippen LogP contribution in [-0.2, 0) is 17.8 Å². The lowest BCUT2D eigenvalue weighted by atomic mass is 9.96. The van der Waals surface area contributed by atoms with E-state index in [2.05, 4.69) is 36.5 Å². The van der Waals surface area contributed by atoms with Crippen LogP contribution in [0, 0.1) is 0 Å². The quantitative estimate of drug-likeness (QED) is 0.270. The van der Waals surface area contributed by atoms with Gasteiger partial charge in [0.15, 0.2) is 0 Å². The molecule has 3 aromatic carbocycles. The molecule has 0 unspecified atom stereocenters. The van der Waals surface area contributed by atoms with Gasteiger partial charge < -0.3 is 10.2 Å². The maximum absolute atomic E-state index is 13.1. The molecule has 206 valence electrons. The summed E-state index contributed by atoms with van der Waals surface area (Å²) in [5, 5.41) is 3.27. The maximum Gasteiger partial charge on any atom is 0.322 e. The predicted octanol–water partition coefficient (Wildman–Crippen LogP) is 7.69. The van der Waals surface area contributed by atoms with Gasteiger partial charge in [-0.3, -0.25) is 9.69 Å². The first-order chi connectivity index (χ1) is 19.0. The Morgan fingerprint density at radius 2 is 1.59 bits per heavy atom. The van der Waals surface area contributed by atoms with Crippen molar-refractivity contribution < 1.29 is 9.59 Å². The molecule has 0 atom stereocenters. The molecule has 0 aromatic heterocycles. The van der Waals surface area contributed by atoms with Crippen LogP contribution >= 0.6 is 11.8 Å². The number of benzene rings is 3. The lowest BCUT2D eigenvalue weighted by molar-refractivity contribution is -0.129. The molecule has 39 heavy (non-hydrogen) atoms. The number of nitrogens with one attached hydrogen (secondary N) is 1. The lowest BCUT2D eigenvalue weighted by Gasteiger charge is -2.28. The van der Waals surface area contributed by atoms with Gasteiger partial charge in [0.05, 0.1) is 6.42 Å². The highest BCUT2D eigenvalue weighted by molar-refractivity contribution is 7.99. The van der Waals surface area contributed by atoms with Crippen LogP contribution in [0.4, 0.5) is 10.5 Å². The van der Waals surface area contributed by atoms with Crippen LogP contribution < -0.4 is 10.2 Å². The molecule has 1 N–H and O–H groups in total. The second kappa shape index (κ2) is 14.8. The van der Waals surface area contributed by atoms with Gasteiger partial charge in [-0.05, 0) is 66.8 Å². The van der Waals surface area contributed by atoms with E-state index < -0.39 is 0 Å². The number of likely N-dealkylation sites (N-methyl/N-ethyl adjacent to an activating group) is 1. The maximum atomic E-state index is 13.1. The molecule has 4 rings (SSSR count). The van der Waals surface area contributed by atoms with Crippen molar-refractivity contribution in [3.05, 3.63) is 90.0 Å². The molecule has 5 nitrogen and oxygen atoms in total. The number of hydrogen-bond donors (Lipinski definition) is 1. The summed E-state index contributed by atoms with van der Waals surface area (Å²) in [5.74, 6) is 0.101. The summed E-state index contributed by atoms with van der Waals surface area (Å²) in [4.78, 5) is 31.8. The zero-order chi connectivity index (χ0) is 27.5. The summed E-state index contributed by atoms with van der Waals surface area (Å²) in [5.41, 5.74) is 3.06. The van der Waals surface area contributed by atoms with Gasteiger partial charge in [-0.1, -0.05) is 86.8 Å². The normalized spacial score (nSPS) is 13.6. The molecule has 0 aliphatic heterocycles. The van der Waals surface area contributed by atoms with Gasteiger partial charge in [0.1, 0.15) is 0 Å². The molecular weight excluding hydrogens is 502 g/mol. The van der Waals surface area contributed by atoms with E-state index in [4.69, 9.17) is 0 Å². The minimum absolute atomic E-state index is 0.0188. The van der Waals surface area contributed by atoms with Crippen LogP contribution in [0.25, 0.3) is 0 Å². The Kier molecular flexibility index (Phi) is 10.9. The summed E-state index contributed by atoms with van der Waals surface area (Å²) < 4.78 is 0. The molecule has 6 heteroatoms. The van der Waals surface area contributed by atoms with Crippen LogP contribution in [0.2, 0.25) is 0 Å². The third kappa shape index (κ3) is 8.89. The van der Waals surface area contributed by atoms with Gasteiger partial charge in [0.2, 0.25) is 5.91 Å². The molecule has 1 fully saturated rings. The molecule has 1 saturated carbocycles. The lowest BCUT2D eigenvalue weighted by Crippen LogP contribution is -2.46. The number of amides is 3. The second-order valence-electron chi connectivity index (χ2n) is 10.4. The van der Waals surface area contributed by atoms with E-state index in [1.807, 2.05) is 66.5 Å². The molecule has 0 bridgehead atoms. The molecule has 0 heterocycles. The van der Waals surface area contributed by atoms with Crippen molar-refractivity contribution in [1.82, 2.24) is 10.2 Å². The Morgan fingerprint density at radius 1 is 0.872 bits per heavy atom. The molecular formula is C33H41N3O2S. The summed E-state index contributed by atoms with van der Waals surface area (Å²) in [6.45, 7) is 3.48. The fraction of sp³-hybridized carbons (Fsp3) is 0.394. The standard InChI is InChI=1S/C33H41N3O2S/c1-3-4-22-36(33(38)34-28-15-9-6-10-16-28)29-18-20-30(21-19-29)39-31-17-11-14-27(23-31)24-32(37)35(2)25-26-12-7-5-8-13-26/h5,7-8,11-14,17-21,23,28H,3-4,6,9-10,15-16,22,24-25H2,1-2H3,(H,34,38). The number of nitrogens with zero attached hydrogens (tertiary/aromatic N) is 2. The van der Waals surface area contributed by atoms with Crippen LogP contribution in [-0.4, -0.2) is 36.5 Å². The smallest absolute Gasteiger partial charge is 0.322 e. The van der Waals surface area contributed by atoms with Crippen molar-refractivity contribution in [2.24, 2.45) is 0 Å². The molecule has 1 aliphatic carbocycles. The summed E-state index contributed by atoms with van der Waals surface area (Å²) in [6.07, 6.45) is 8.22. The average Bonchev–Trinajstić information content (AvgIpc) is 2.95. The van der Waals surface area contributed by atoms with Gasteiger partial charge in [0, 0.05) is 41.7 Å². The van der Waals surface area contributed by atoms with Crippen molar-refractivity contribution in [2.45, 2.75) is 80.7 Å². The third-order valence-corrected chi connectivity index (χ3v) is 8.24.